The first-order chi connectivity index (χ1) is 13.8. The summed E-state index contributed by atoms with van der Waals surface area (Å²) in [6, 6.07) is 18.8. The Morgan fingerprint density at radius 3 is 2.34 bits per heavy atom. The summed E-state index contributed by atoms with van der Waals surface area (Å²) in [4.78, 5) is 12.5. The Morgan fingerprint density at radius 2 is 1.66 bits per heavy atom. The van der Waals surface area contributed by atoms with E-state index in [9.17, 15) is 17.6 Å². The smallest absolute Gasteiger partial charge is 0.339 e. The summed E-state index contributed by atoms with van der Waals surface area (Å²) in [5.41, 5.74) is 1.35. The molecule has 0 unspecified atom stereocenters. The van der Waals surface area contributed by atoms with Gasteiger partial charge in [-0.2, -0.15) is 0 Å². The average molecular weight is 413 g/mol. The molecule has 150 valence electrons. The van der Waals surface area contributed by atoms with Crippen molar-refractivity contribution in [1.29, 1.82) is 0 Å². The van der Waals surface area contributed by atoms with E-state index in [4.69, 9.17) is 4.74 Å². The molecule has 0 aliphatic carbocycles. The fraction of sp³-hybridized carbons (Fsp3) is 0.136. The molecule has 3 aromatic carbocycles. The number of benzene rings is 3. The Labute approximate surface area is 169 Å². The van der Waals surface area contributed by atoms with E-state index in [1.807, 2.05) is 30.3 Å². The van der Waals surface area contributed by atoms with Gasteiger partial charge in [0.1, 0.15) is 11.9 Å². The quantitative estimate of drug-likeness (QED) is 0.586. The highest BCUT2D eigenvalue weighted by Gasteiger charge is 2.21. The molecule has 29 heavy (non-hydrogen) atoms. The predicted molar refractivity (Wildman–Crippen MR) is 109 cm³/mol. The molecule has 7 heteroatoms. The van der Waals surface area contributed by atoms with Crippen molar-refractivity contribution in [2.24, 2.45) is 0 Å². The van der Waals surface area contributed by atoms with Crippen molar-refractivity contribution in [3.63, 3.8) is 0 Å². The maximum atomic E-state index is 13.8. The second kappa shape index (κ2) is 8.45. The molecular weight excluding hydrogens is 393 g/mol. The molecule has 1 atom stereocenters. The first-order valence-electron chi connectivity index (χ1n) is 8.92. The number of carbonyl (C=O) groups is 1. The Balaban J connectivity index is 1.85. The number of hydrogen-bond donors (Lipinski definition) is 1. The van der Waals surface area contributed by atoms with Crippen molar-refractivity contribution in [3.8, 4) is 0 Å². The van der Waals surface area contributed by atoms with Gasteiger partial charge >= 0.3 is 5.97 Å². The van der Waals surface area contributed by atoms with Gasteiger partial charge in [0, 0.05) is 0 Å². The van der Waals surface area contributed by atoms with Crippen LogP contribution in [0, 0.1) is 12.7 Å². The van der Waals surface area contributed by atoms with Crippen LogP contribution in [0.3, 0.4) is 0 Å². The fourth-order valence-corrected chi connectivity index (χ4v) is 3.85. The van der Waals surface area contributed by atoms with Gasteiger partial charge in [0.05, 0.1) is 16.1 Å². The lowest BCUT2D eigenvalue weighted by Gasteiger charge is -2.15. The van der Waals surface area contributed by atoms with Gasteiger partial charge in [0.15, 0.2) is 0 Å². The standard InChI is InChI=1S/C22H20FNO4S/c1-15-12-13-18(29(26,27)24-21-11-7-6-10-20(21)23)14-19(15)22(25)28-16(2)17-8-4-3-5-9-17/h3-14,16,24H,1-2H3/t16-/m0/s1. The van der Waals surface area contributed by atoms with E-state index >= 15 is 0 Å². The molecule has 5 nitrogen and oxygen atoms in total. The molecule has 0 saturated heterocycles. The molecule has 0 aromatic heterocycles. The van der Waals surface area contributed by atoms with Gasteiger partial charge in [-0.15, -0.1) is 0 Å². The molecule has 0 bridgehead atoms. The molecule has 0 radical (unpaired) electrons. The van der Waals surface area contributed by atoms with E-state index in [2.05, 4.69) is 4.72 Å². The summed E-state index contributed by atoms with van der Waals surface area (Å²) in [5, 5.41) is 0. The van der Waals surface area contributed by atoms with Crippen molar-refractivity contribution >= 4 is 21.7 Å². The van der Waals surface area contributed by atoms with E-state index in [1.54, 1.807) is 13.8 Å². The van der Waals surface area contributed by atoms with Crippen LogP contribution in [-0.4, -0.2) is 14.4 Å². The normalized spacial score (nSPS) is 12.2. The summed E-state index contributed by atoms with van der Waals surface area (Å²) in [5.74, 6) is -1.33. The third-order valence-electron chi connectivity index (χ3n) is 4.41. The fourth-order valence-electron chi connectivity index (χ4n) is 2.75. The first-order valence-corrected chi connectivity index (χ1v) is 10.4. The Morgan fingerprint density at radius 1 is 1.00 bits per heavy atom. The van der Waals surface area contributed by atoms with Crippen molar-refractivity contribution in [2.75, 3.05) is 4.72 Å². The Bertz CT molecular complexity index is 1130. The zero-order valence-electron chi connectivity index (χ0n) is 15.9. The molecule has 3 aromatic rings. The highest BCUT2D eigenvalue weighted by atomic mass is 32.2. The number of hydrogen-bond acceptors (Lipinski definition) is 4. The molecule has 0 aliphatic rings. The van der Waals surface area contributed by atoms with Gasteiger partial charge in [-0.3, -0.25) is 4.72 Å². The summed E-state index contributed by atoms with van der Waals surface area (Å²) < 4.78 is 46.8. The van der Waals surface area contributed by atoms with Crippen LogP contribution in [0.2, 0.25) is 0 Å². The molecule has 0 saturated carbocycles. The van der Waals surface area contributed by atoms with Gasteiger partial charge in [-0.25, -0.2) is 17.6 Å². The van der Waals surface area contributed by atoms with E-state index < -0.39 is 27.9 Å². The van der Waals surface area contributed by atoms with Crippen LogP contribution in [0.1, 0.15) is 34.5 Å². The predicted octanol–water partition coefficient (Wildman–Crippen LogP) is 4.85. The largest absolute Gasteiger partial charge is 0.454 e. The molecule has 0 spiro atoms. The summed E-state index contributed by atoms with van der Waals surface area (Å²) in [6.45, 7) is 3.42. The third kappa shape index (κ3) is 4.81. The van der Waals surface area contributed by atoms with Crippen molar-refractivity contribution < 1.29 is 22.3 Å². The second-order valence-electron chi connectivity index (χ2n) is 6.52. The number of ether oxygens (including phenoxy) is 1. The van der Waals surface area contributed by atoms with E-state index in [0.29, 0.717) is 5.56 Å². The van der Waals surface area contributed by atoms with Crippen LogP contribution in [0.15, 0.2) is 77.7 Å². The van der Waals surface area contributed by atoms with E-state index in [1.165, 1.54) is 36.4 Å². The molecule has 0 aliphatic heterocycles. The van der Waals surface area contributed by atoms with E-state index in [-0.39, 0.29) is 16.1 Å². The number of anilines is 1. The van der Waals surface area contributed by atoms with Crippen molar-refractivity contribution in [1.82, 2.24) is 0 Å². The lowest BCUT2D eigenvalue weighted by molar-refractivity contribution is 0.0336. The molecule has 3 rings (SSSR count). The summed E-state index contributed by atoms with van der Waals surface area (Å²) >= 11 is 0. The highest BCUT2D eigenvalue weighted by Crippen LogP contribution is 2.24. The number of sulfonamides is 1. The molecular formula is C22H20FNO4S. The second-order valence-corrected chi connectivity index (χ2v) is 8.20. The minimum atomic E-state index is -4.09. The third-order valence-corrected chi connectivity index (χ3v) is 5.77. The Hall–Kier alpha value is -3.19. The zero-order chi connectivity index (χ0) is 21.0. The van der Waals surface area contributed by atoms with Crippen molar-refractivity contribution in [3.05, 3.63) is 95.3 Å². The summed E-state index contributed by atoms with van der Waals surface area (Å²) in [6.07, 6.45) is -0.500. The summed E-state index contributed by atoms with van der Waals surface area (Å²) in [7, 11) is -4.09. The van der Waals surface area contributed by atoms with Gasteiger partial charge < -0.3 is 4.74 Å². The number of carbonyl (C=O) groups excluding carboxylic acids is 1. The number of esters is 1. The van der Waals surface area contributed by atoms with Crippen LogP contribution < -0.4 is 4.72 Å². The number of aryl methyl sites for hydroxylation is 1. The number of halogens is 1. The van der Waals surface area contributed by atoms with Crippen LogP contribution in [0.25, 0.3) is 0 Å². The number of rotatable bonds is 6. The van der Waals surface area contributed by atoms with Gasteiger partial charge in [-0.05, 0) is 49.2 Å². The zero-order valence-corrected chi connectivity index (χ0v) is 16.7. The lowest BCUT2D eigenvalue weighted by atomic mass is 10.1. The minimum Gasteiger partial charge on any atom is -0.454 e. The van der Waals surface area contributed by atoms with E-state index in [0.717, 1.165) is 11.6 Å². The van der Waals surface area contributed by atoms with Crippen LogP contribution in [0.5, 0.6) is 0 Å². The molecule has 0 amide bonds. The van der Waals surface area contributed by atoms with Crippen LogP contribution >= 0.6 is 0 Å². The monoisotopic (exact) mass is 413 g/mol. The van der Waals surface area contributed by atoms with Crippen LogP contribution in [0.4, 0.5) is 10.1 Å². The topological polar surface area (TPSA) is 72.5 Å². The molecule has 0 heterocycles. The number of para-hydroxylation sites is 1. The van der Waals surface area contributed by atoms with Gasteiger partial charge in [-0.1, -0.05) is 48.5 Å². The van der Waals surface area contributed by atoms with Gasteiger partial charge in [0.25, 0.3) is 10.0 Å². The number of nitrogens with one attached hydrogen (secondary N) is 1. The first kappa shape index (κ1) is 20.5. The van der Waals surface area contributed by atoms with Crippen LogP contribution in [-0.2, 0) is 14.8 Å². The minimum absolute atomic E-state index is 0.129. The van der Waals surface area contributed by atoms with Gasteiger partial charge in [0.2, 0.25) is 0 Å². The van der Waals surface area contributed by atoms with Crippen molar-refractivity contribution in [2.45, 2.75) is 24.8 Å². The lowest BCUT2D eigenvalue weighted by Crippen LogP contribution is -2.16. The maximum Gasteiger partial charge on any atom is 0.339 e. The SMILES string of the molecule is Cc1ccc(S(=O)(=O)Nc2ccccc2F)cc1C(=O)O[C@@H](C)c1ccccc1. The Kier molecular flexibility index (Phi) is 5.98. The maximum absolute atomic E-state index is 13.8. The molecule has 1 N–H and O–H groups in total. The molecule has 0 fully saturated rings. The average Bonchev–Trinajstić information content (AvgIpc) is 2.70. The highest BCUT2D eigenvalue weighted by molar-refractivity contribution is 7.92.